The molecule has 86 valence electrons. The SMILES string of the molecule is CCOCCCCCC(O)C(C)(C)C. The lowest BCUT2D eigenvalue weighted by Crippen LogP contribution is -2.25. The third-order valence-corrected chi connectivity index (χ3v) is 2.47. The average molecular weight is 202 g/mol. The van der Waals surface area contributed by atoms with E-state index in [1.54, 1.807) is 0 Å². The normalized spacial score (nSPS) is 14.4. The van der Waals surface area contributed by atoms with Crippen molar-refractivity contribution < 1.29 is 9.84 Å². The molecule has 14 heavy (non-hydrogen) atoms. The molecule has 0 aromatic rings. The molecule has 0 aromatic carbocycles. The van der Waals surface area contributed by atoms with Gasteiger partial charge in [-0.3, -0.25) is 0 Å². The quantitative estimate of drug-likeness (QED) is 0.643. The highest BCUT2D eigenvalue weighted by molar-refractivity contribution is 4.72. The van der Waals surface area contributed by atoms with E-state index in [0.29, 0.717) is 0 Å². The van der Waals surface area contributed by atoms with Crippen LogP contribution < -0.4 is 0 Å². The standard InChI is InChI=1S/C12H26O2/c1-5-14-10-8-6-7-9-11(13)12(2,3)4/h11,13H,5-10H2,1-4H3. The van der Waals surface area contributed by atoms with Crippen LogP contribution in [0.5, 0.6) is 0 Å². The molecule has 0 aliphatic heterocycles. The first-order valence-corrected chi connectivity index (χ1v) is 5.74. The molecule has 0 spiro atoms. The molecular weight excluding hydrogens is 176 g/mol. The number of rotatable bonds is 7. The van der Waals surface area contributed by atoms with E-state index in [-0.39, 0.29) is 11.5 Å². The van der Waals surface area contributed by atoms with Crippen molar-refractivity contribution >= 4 is 0 Å². The molecule has 1 unspecified atom stereocenters. The van der Waals surface area contributed by atoms with Gasteiger partial charge in [0.25, 0.3) is 0 Å². The molecule has 0 bridgehead atoms. The summed E-state index contributed by atoms with van der Waals surface area (Å²) in [6.07, 6.45) is 4.12. The lowest BCUT2D eigenvalue weighted by Gasteiger charge is -2.25. The topological polar surface area (TPSA) is 29.5 Å². The predicted molar refractivity (Wildman–Crippen MR) is 60.4 cm³/mol. The fraction of sp³-hybridized carbons (Fsp3) is 1.00. The van der Waals surface area contributed by atoms with Crippen LogP contribution >= 0.6 is 0 Å². The summed E-state index contributed by atoms with van der Waals surface area (Å²) < 4.78 is 5.25. The molecule has 0 rings (SSSR count). The second kappa shape index (κ2) is 7.24. The van der Waals surface area contributed by atoms with Crippen LogP contribution in [0.4, 0.5) is 0 Å². The van der Waals surface area contributed by atoms with Crippen molar-refractivity contribution in [3.8, 4) is 0 Å². The van der Waals surface area contributed by atoms with E-state index >= 15 is 0 Å². The van der Waals surface area contributed by atoms with Crippen LogP contribution in [0.2, 0.25) is 0 Å². The molecule has 2 nitrogen and oxygen atoms in total. The van der Waals surface area contributed by atoms with Gasteiger partial charge < -0.3 is 9.84 Å². The van der Waals surface area contributed by atoms with Gasteiger partial charge in [0.15, 0.2) is 0 Å². The van der Waals surface area contributed by atoms with E-state index in [4.69, 9.17) is 4.74 Å². The number of hydrogen-bond acceptors (Lipinski definition) is 2. The maximum atomic E-state index is 9.76. The Kier molecular flexibility index (Phi) is 7.20. The van der Waals surface area contributed by atoms with Crippen LogP contribution in [0.15, 0.2) is 0 Å². The molecule has 0 aliphatic rings. The van der Waals surface area contributed by atoms with Crippen molar-refractivity contribution in [3.63, 3.8) is 0 Å². The summed E-state index contributed by atoms with van der Waals surface area (Å²) in [6.45, 7) is 9.93. The highest BCUT2D eigenvalue weighted by Crippen LogP contribution is 2.23. The highest BCUT2D eigenvalue weighted by atomic mass is 16.5. The van der Waals surface area contributed by atoms with Crippen LogP contribution in [0.25, 0.3) is 0 Å². The molecule has 1 atom stereocenters. The summed E-state index contributed by atoms with van der Waals surface area (Å²) in [4.78, 5) is 0. The number of aliphatic hydroxyl groups is 1. The predicted octanol–water partition coefficient (Wildman–Crippen LogP) is 2.99. The van der Waals surface area contributed by atoms with Gasteiger partial charge in [-0.2, -0.15) is 0 Å². The molecule has 0 amide bonds. The van der Waals surface area contributed by atoms with Crippen LogP contribution in [-0.4, -0.2) is 24.4 Å². The van der Waals surface area contributed by atoms with E-state index in [1.165, 1.54) is 0 Å². The monoisotopic (exact) mass is 202 g/mol. The Balaban J connectivity index is 3.28. The van der Waals surface area contributed by atoms with Gasteiger partial charge in [-0.15, -0.1) is 0 Å². The van der Waals surface area contributed by atoms with Crippen molar-refractivity contribution in [2.45, 2.75) is 59.5 Å². The lowest BCUT2D eigenvalue weighted by atomic mass is 9.86. The van der Waals surface area contributed by atoms with Gasteiger partial charge in [0, 0.05) is 13.2 Å². The van der Waals surface area contributed by atoms with Gasteiger partial charge in [-0.25, -0.2) is 0 Å². The Bertz CT molecular complexity index is 127. The van der Waals surface area contributed by atoms with Gasteiger partial charge in [0.05, 0.1) is 6.10 Å². The van der Waals surface area contributed by atoms with Crippen molar-refractivity contribution in [3.05, 3.63) is 0 Å². The maximum Gasteiger partial charge on any atom is 0.0588 e. The van der Waals surface area contributed by atoms with Crippen molar-refractivity contribution in [1.82, 2.24) is 0 Å². The van der Waals surface area contributed by atoms with Gasteiger partial charge in [0.1, 0.15) is 0 Å². The Morgan fingerprint density at radius 3 is 2.29 bits per heavy atom. The third-order valence-electron chi connectivity index (χ3n) is 2.47. The molecule has 0 heterocycles. The van der Waals surface area contributed by atoms with Crippen molar-refractivity contribution in [1.29, 1.82) is 0 Å². The molecular formula is C12H26O2. The molecule has 0 aliphatic carbocycles. The first kappa shape index (κ1) is 13.9. The fourth-order valence-electron chi connectivity index (χ4n) is 1.30. The molecule has 0 fully saturated rings. The summed E-state index contributed by atoms with van der Waals surface area (Å²) >= 11 is 0. The van der Waals surface area contributed by atoms with Crippen LogP contribution in [0.3, 0.4) is 0 Å². The number of ether oxygens (including phenoxy) is 1. The molecule has 1 N–H and O–H groups in total. The fourth-order valence-corrected chi connectivity index (χ4v) is 1.30. The minimum absolute atomic E-state index is 0.0277. The Hall–Kier alpha value is -0.0800. The minimum atomic E-state index is -0.172. The van der Waals surface area contributed by atoms with Gasteiger partial charge >= 0.3 is 0 Å². The summed E-state index contributed by atoms with van der Waals surface area (Å²) in [5, 5.41) is 9.76. The zero-order valence-corrected chi connectivity index (χ0v) is 10.2. The number of unbranched alkanes of at least 4 members (excludes halogenated alkanes) is 2. The second-order valence-corrected chi connectivity index (χ2v) is 4.93. The van der Waals surface area contributed by atoms with Crippen LogP contribution in [-0.2, 0) is 4.74 Å². The maximum absolute atomic E-state index is 9.76. The summed E-state index contributed by atoms with van der Waals surface area (Å²) in [5.41, 5.74) is 0.0277. The molecule has 2 heteroatoms. The van der Waals surface area contributed by atoms with Gasteiger partial charge in [-0.1, -0.05) is 33.6 Å². The van der Waals surface area contributed by atoms with Crippen LogP contribution in [0, 0.1) is 5.41 Å². The Morgan fingerprint density at radius 2 is 1.79 bits per heavy atom. The Labute approximate surface area is 88.7 Å². The molecule has 0 saturated carbocycles. The largest absolute Gasteiger partial charge is 0.393 e. The van der Waals surface area contributed by atoms with Gasteiger partial charge in [0.2, 0.25) is 0 Å². The Morgan fingerprint density at radius 1 is 1.14 bits per heavy atom. The average Bonchev–Trinajstić information content (AvgIpc) is 2.09. The smallest absolute Gasteiger partial charge is 0.0588 e. The first-order chi connectivity index (χ1) is 6.48. The van der Waals surface area contributed by atoms with E-state index in [0.717, 1.165) is 38.9 Å². The zero-order valence-electron chi connectivity index (χ0n) is 10.2. The minimum Gasteiger partial charge on any atom is -0.393 e. The zero-order chi connectivity index (χ0) is 11.0. The summed E-state index contributed by atoms with van der Waals surface area (Å²) in [6, 6.07) is 0. The van der Waals surface area contributed by atoms with Crippen molar-refractivity contribution in [2.75, 3.05) is 13.2 Å². The second-order valence-electron chi connectivity index (χ2n) is 4.93. The van der Waals surface area contributed by atoms with Crippen molar-refractivity contribution in [2.24, 2.45) is 5.41 Å². The number of aliphatic hydroxyl groups excluding tert-OH is 1. The molecule has 0 radical (unpaired) electrons. The number of hydrogen-bond donors (Lipinski definition) is 1. The van der Waals surface area contributed by atoms with E-state index in [9.17, 15) is 5.11 Å². The van der Waals surface area contributed by atoms with Gasteiger partial charge in [-0.05, 0) is 25.2 Å². The summed E-state index contributed by atoms with van der Waals surface area (Å²) in [7, 11) is 0. The molecule has 0 saturated heterocycles. The molecule has 0 aromatic heterocycles. The first-order valence-electron chi connectivity index (χ1n) is 5.74. The lowest BCUT2D eigenvalue weighted by molar-refractivity contribution is 0.0525. The van der Waals surface area contributed by atoms with E-state index in [2.05, 4.69) is 20.8 Å². The van der Waals surface area contributed by atoms with Crippen LogP contribution in [0.1, 0.15) is 53.4 Å². The highest BCUT2D eigenvalue weighted by Gasteiger charge is 2.20. The summed E-state index contributed by atoms with van der Waals surface area (Å²) in [5.74, 6) is 0. The third kappa shape index (κ3) is 7.34. The van der Waals surface area contributed by atoms with E-state index in [1.807, 2.05) is 6.92 Å². The van der Waals surface area contributed by atoms with E-state index < -0.39 is 0 Å².